The third-order valence-corrected chi connectivity index (χ3v) is 4.50. The summed E-state index contributed by atoms with van der Waals surface area (Å²) in [5.41, 5.74) is 0.307. The predicted molar refractivity (Wildman–Crippen MR) is 92.4 cm³/mol. The zero-order valence-electron chi connectivity index (χ0n) is 13.0. The Morgan fingerprint density at radius 1 is 1.29 bits per heavy atom. The van der Waals surface area contributed by atoms with E-state index in [2.05, 4.69) is 10.4 Å². The molecule has 0 aliphatic carbocycles. The Kier molecular flexibility index (Phi) is 4.78. The maximum atomic E-state index is 12.8. The van der Waals surface area contributed by atoms with Crippen molar-refractivity contribution in [3.05, 3.63) is 46.1 Å². The molecule has 1 N–H and O–H groups in total. The summed E-state index contributed by atoms with van der Waals surface area (Å²) >= 11 is 12.1. The highest BCUT2D eigenvalue weighted by atomic mass is 35.5. The molecule has 2 aromatic rings. The predicted octanol–water partition coefficient (Wildman–Crippen LogP) is 2.97. The minimum Gasteiger partial charge on any atom is -0.327 e. The summed E-state index contributed by atoms with van der Waals surface area (Å²) in [5, 5.41) is 7.61. The molecule has 0 unspecified atom stereocenters. The lowest BCUT2D eigenvalue weighted by atomic mass is 10.1. The maximum Gasteiger partial charge on any atom is 0.256 e. The minimum absolute atomic E-state index is 0.252. The molecule has 2 heterocycles. The van der Waals surface area contributed by atoms with Gasteiger partial charge in [-0.2, -0.15) is 5.10 Å². The fourth-order valence-electron chi connectivity index (χ4n) is 2.79. The molecule has 1 atom stereocenters. The molecule has 1 aromatic carbocycles. The van der Waals surface area contributed by atoms with Crippen molar-refractivity contribution in [1.29, 1.82) is 0 Å². The van der Waals surface area contributed by atoms with Gasteiger partial charge < -0.3 is 10.2 Å². The Hall–Kier alpha value is -2.05. The van der Waals surface area contributed by atoms with E-state index in [4.69, 9.17) is 23.2 Å². The molecule has 0 radical (unpaired) electrons. The van der Waals surface area contributed by atoms with Crippen LogP contribution >= 0.6 is 23.2 Å². The van der Waals surface area contributed by atoms with E-state index in [1.165, 1.54) is 11.0 Å². The Morgan fingerprint density at radius 2 is 2.08 bits per heavy atom. The van der Waals surface area contributed by atoms with Crippen molar-refractivity contribution in [2.75, 3.05) is 11.9 Å². The van der Waals surface area contributed by atoms with Crippen LogP contribution in [-0.2, 0) is 11.8 Å². The number of rotatable bonds is 3. The van der Waals surface area contributed by atoms with Gasteiger partial charge in [-0.25, -0.2) is 0 Å². The highest BCUT2D eigenvalue weighted by Crippen LogP contribution is 2.26. The molecule has 126 valence electrons. The zero-order valence-corrected chi connectivity index (χ0v) is 14.5. The number of anilines is 1. The van der Waals surface area contributed by atoms with Crippen LogP contribution in [0.3, 0.4) is 0 Å². The molecule has 8 heteroatoms. The molecule has 2 amide bonds. The largest absolute Gasteiger partial charge is 0.327 e. The topological polar surface area (TPSA) is 67.2 Å². The summed E-state index contributed by atoms with van der Waals surface area (Å²) in [6.45, 7) is 0.502. The number of carbonyl (C=O) groups excluding carboxylic acids is 2. The first-order valence-electron chi connectivity index (χ1n) is 7.52. The Bertz CT molecular complexity index is 790. The van der Waals surface area contributed by atoms with Gasteiger partial charge in [0.2, 0.25) is 5.91 Å². The fourth-order valence-corrected chi connectivity index (χ4v) is 3.16. The SMILES string of the molecule is Cn1ccc(NC(=O)[C@@H]2CCCN2C(=O)c2cc(Cl)ccc2Cl)n1. The van der Waals surface area contributed by atoms with Crippen LogP contribution in [0.2, 0.25) is 10.0 Å². The minimum atomic E-state index is -0.547. The third kappa shape index (κ3) is 3.39. The molecule has 1 aromatic heterocycles. The first-order chi connectivity index (χ1) is 11.5. The third-order valence-electron chi connectivity index (χ3n) is 3.94. The highest BCUT2D eigenvalue weighted by molar-refractivity contribution is 6.35. The second-order valence-electron chi connectivity index (χ2n) is 5.64. The first-order valence-corrected chi connectivity index (χ1v) is 8.28. The summed E-state index contributed by atoms with van der Waals surface area (Å²) < 4.78 is 1.60. The van der Waals surface area contributed by atoms with Crippen molar-refractivity contribution >= 4 is 40.8 Å². The molecule has 1 aliphatic heterocycles. The van der Waals surface area contributed by atoms with Crippen LogP contribution in [0.15, 0.2) is 30.5 Å². The summed E-state index contributed by atoms with van der Waals surface area (Å²) in [6.07, 6.45) is 3.09. The Labute approximate surface area is 149 Å². The van der Waals surface area contributed by atoms with E-state index in [1.807, 2.05) is 0 Å². The monoisotopic (exact) mass is 366 g/mol. The molecule has 1 saturated heterocycles. The Morgan fingerprint density at radius 3 is 2.79 bits per heavy atom. The number of carbonyl (C=O) groups is 2. The van der Waals surface area contributed by atoms with Gasteiger partial charge in [-0.15, -0.1) is 0 Å². The van der Waals surface area contributed by atoms with Crippen molar-refractivity contribution in [1.82, 2.24) is 14.7 Å². The fraction of sp³-hybridized carbons (Fsp3) is 0.312. The second kappa shape index (κ2) is 6.83. The lowest BCUT2D eigenvalue weighted by Crippen LogP contribution is -2.43. The van der Waals surface area contributed by atoms with E-state index in [0.717, 1.165) is 6.42 Å². The molecule has 1 aliphatic rings. The van der Waals surface area contributed by atoms with Crippen LogP contribution < -0.4 is 5.32 Å². The van der Waals surface area contributed by atoms with E-state index in [0.29, 0.717) is 34.4 Å². The second-order valence-corrected chi connectivity index (χ2v) is 6.49. The van der Waals surface area contributed by atoms with Gasteiger partial charge in [0.25, 0.3) is 5.91 Å². The molecular formula is C16H16Cl2N4O2. The molecule has 0 saturated carbocycles. The van der Waals surface area contributed by atoms with E-state index in [9.17, 15) is 9.59 Å². The molecule has 0 spiro atoms. The normalized spacial score (nSPS) is 17.1. The van der Waals surface area contributed by atoms with Crippen LogP contribution in [0.4, 0.5) is 5.82 Å². The number of aryl methyl sites for hydroxylation is 1. The highest BCUT2D eigenvalue weighted by Gasteiger charge is 2.35. The van der Waals surface area contributed by atoms with Crippen molar-refractivity contribution in [3.63, 3.8) is 0 Å². The quantitative estimate of drug-likeness (QED) is 0.907. The number of nitrogens with one attached hydrogen (secondary N) is 1. The molecule has 6 nitrogen and oxygen atoms in total. The van der Waals surface area contributed by atoms with E-state index in [1.54, 1.807) is 36.1 Å². The average Bonchev–Trinajstić information content (AvgIpc) is 3.18. The zero-order chi connectivity index (χ0) is 17.3. The molecule has 0 bridgehead atoms. The smallest absolute Gasteiger partial charge is 0.256 e. The van der Waals surface area contributed by atoms with Gasteiger partial charge >= 0.3 is 0 Å². The number of halogens is 2. The van der Waals surface area contributed by atoms with Gasteiger partial charge in [0, 0.05) is 30.9 Å². The number of nitrogens with zero attached hydrogens (tertiary/aromatic N) is 3. The maximum absolute atomic E-state index is 12.8. The van der Waals surface area contributed by atoms with Crippen molar-refractivity contribution in [2.24, 2.45) is 7.05 Å². The van der Waals surface area contributed by atoms with E-state index < -0.39 is 6.04 Å². The van der Waals surface area contributed by atoms with Crippen molar-refractivity contribution in [3.8, 4) is 0 Å². The lowest BCUT2D eigenvalue weighted by Gasteiger charge is -2.24. The van der Waals surface area contributed by atoms with Crippen LogP contribution in [0.5, 0.6) is 0 Å². The van der Waals surface area contributed by atoms with Crippen molar-refractivity contribution in [2.45, 2.75) is 18.9 Å². The Balaban J connectivity index is 1.78. The van der Waals surface area contributed by atoms with E-state index in [-0.39, 0.29) is 11.8 Å². The van der Waals surface area contributed by atoms with Gasteiger partial charge in [-0.05, 0) is 31.0 Å². The first kappa shape index (κ1) is 16.8. The molecular weight excluding hydrogens is 351 g/mol. The summed E-state index contributed by atoms with van der Waals surface area (Å²) in [4.78, 5) is 26.8. The molecule has 24 heavy (non-hydrogen) atoms. The van der Waals surface area contributed by atoms with Crippen molar-refractivity contribution < 1.29 is 9.59 Å². The number of hydrogen-bond donors (Lipinski definition) is 1. The van der Waals surface area contributed by atoms with Gasteiger partial charge in [0.05, 0.1) is 10.6 Å². The summed E-state index contributed by atoms with van der Waals surface area (Å²) in [6, 6.07) is 5.88. The number of amides is 2. The summed E-state index contributed by atoms with van der Waals surface area (Å²) in [7, 11) is 1.77. The molecule has 1 fully saturated rings. The lowest BCUT2D eigenvalue weighted by molar-refractivity contribution is -0.119. The standard InChI is InChI=1S/C16H16Cl2N4O2/c1-21-8-6-14(20-21)19-15(23)13-3-2-7-22(13)16(24)11-9-10(17)4-5-12(11)18/h4-6,8-9,13H,2-3,7H2,1H3,(H,19,20,23)/t13-/m0/s1. The van der Waals surface area contributed by atoms with Crippen LogP contribution in [0, 0.1) is 0 Å². The van der Waals surface area contributed by atoms with Gasteiger partial charge in [0.15, 0.2) is 5.82 Å². The average molecular weight is 367 g/mol. The van der Waals surface area contributed by atoms with Gasteiger partial charge in [-0.3, -0.25) is 14.3 Å². The number of likely N-dealkylation sites (tertiary alicyclic amines) is 1. The number of hydrogen-bond acceptors (Lipinski definition) is 3. The van der Waals surface area contributed by atoms with Gasteiger partial charge in [-0.1, -0.05) is 23.2 Å². The molecule has 3 rings (SSSR count). The van der Waals surface area contributed by atoms with Gasteiger partial charge in [0.1, 0.15) is 6.04 Å². The van der Waals surface area contributed by atoms with E-state index >= 15 is 0 Å². The van der Waals surface area contributed by atoms with Crippen LogP contribution in [0.1, 0.15) is 23.2 Å². The summed E-state index contributed by atoms with van der Waals surface area (Å²) in [5.74, 6) is -0.0820. The van der Waals surface area contributed by atoms with Crippen LogP contribution in [0.25, 0.3) is 0 Å². The number of benzene rings is 1. The van der Waals surface area contributed by atoms with Crippen LogP contribution in [-0.4, -0.2) is 39.1 Å². The number of aromatic nitrogens is 2.